The zero-order valence-electron chi connectivity index (χ0n) is 8.66. The SMILES string of the molecule is CCC[C@@H](NN1CCOCC1)C(N)=O. The minimum Gasteiger partial charge on any atom is -0.379 e. The van der Waals surface area contributed by atoms with Crippen molar-refractivity contribution >= 4 is 5.91 Å². The van der Waals surface area contributed by atoms with Crippen LogP contribution < -0.4 is 11.2 Å². The molecule has 1 saturated heterocycles. The number of carbonyl (C=O) groups is 1. The fraction of sp³-hybridized carbons (Fsp3) is 0.889. The van der Waals surface area contributed by atoms with E-state index in [0.717, 1.165) is 25.9 Å². The first kappa shape index (κ1) is 11.4. The summed E-state index contributed by atoms with van der Waals surface area (Å²) in [7, 11) is 0. The van der Waals surface area contributed by atoms with Crippen LogP contribution in [0.5, 0.6) is 0 Å². The van der Waals surface area contributed by atoms with Gasteiger partial charge in [0.1, 0.15) is 0 Å². The Balaban J connectivity index is 2.33. The lowest BCUT2D eigenvalue weighted by molar-refractivity contribution is -0.122. The van der Waals surface area contributed by atoms with E-state index in [0.29, 0.717) is 13.2 Å². The Morgan fingerprint density at radius 2 is 2.21 bits per heavy atom. The van der Waals surface area contributed by atoms with Crippen molar-refractivity contribution in [2.45, 2.75) is 25.8 Å². The van der Waals surface area contributed by atoms with Crippen LogP contribution in [0.2, 0.25) is 0 Å². The second-order valence-electron chi connectivity index (χ2n) is 3.47. The van der Waals surface area contributed by atoms with Crippen LogP contribution in [0.3, 0.4) is 0 Å². The van der Waals surface area contributed by atoms with E-state index in [1.807, 2.05) is 11.9 Å². The normalized spacial score (nSPS) is 20.6. The van der Waals surface area contributed by atoms with Crippen molar-refractivity contribution in [3.05, 3.63) is 0 Å². The number of hydrazine groups is 1. The molecule has 1 heterocycles. The number of nitrogens with one attached hydrogen (secondary N) is 1. The molecule has 5 heteroatoms. The lowest BCUT2D eigenvalue weighted by atomic mass is 10.2. The Morgan fingerprint density at radius 3 is 2.71 bits per heavy atom. The topological polar surface area (TPSA) is 67.6 Å². The molecule has 1 rings (SSSR count). The van der Waals surface area contributed by atoms with E-state index >= 15 is 0 Å². The number of nitrogens with two attached hydrogens (primary N) is 1. The zero-order chi connectivity index (χ0) is 10.4. The van der Waals surface area contributed by atoms with Crippen molar-refractivity contribution in [3.8, 4) is 0 Å². The number of rotatable bonds is 5. The molecule has 3 N–H and O–H groups in total. The van der Waals surface area contributed by atoms with Crippen molar-refractivity contribution < 1.29 is 9.53 Å². The molecule has 5 nitrogen and oxygen atoms in total. The summed E-state index contributed by atoms with van der Waals surface area (Å²) in [5.41, 5.74) is 8.42. The summed E-state index contributed by atoms with van der Waals surface area (Å²) >= 11 is 0. The predicted molar refractivity (Wildman–Crippen MR) is 53.4 cm³/mol. The summed E-state index contributed by atoms with van der Waals surface area (Å²) in [5.74, 6) is -0.279. The molecule has 14 heavy (non-hydrogen) atoms. The number of carbonyl (C=O) groups excluding carboxylic acids is 1. The van der Waals surface area contributed by atoms with Crippen LogP contribution in [-0.4, -0.2) is 43.3 Å². The number of primary amides is 1. The van der Waals surface area contributed by atoms with E-state index in [-0.39, 0.29) is 11.9 Å². The molecule has 0 radical (unpaired) electrons. The van der Waals surface area contributed by atoms with Gasteiger partial charge in [-0.1, -0.05) is 13.3 Å². The average molecular weight is 201 g/mol. The number of hydrogen-bond acceptors (Lipinski definition) is 4. The third-order valence-electron chi connectivity index (χ3n) is 2.27. The third-order valence-corrected chi connectivity index (χ3v) is 2.27. The zero-order valence-corrected chi connectivity index (χ0v) is 8.66. The molecular weight excluding hydrogens is 182 g/mol. The molecule has 0 saturated carbocycles. The Morgan fingerprint density at radius 1 is 1.57 bits per heavy atom. The smallest absolute Gasteiger partial charge is 0.235 e. The first-order valence-corrected chi connectivity index (χ1v) is 5.12. The summed E-state index contributed by atoms with van der Waals surface area (Å²) < 4.78 is 5.20. The standard InChI is InChI=1S/C9H19N3O2/c1-2-3-8(9(10)13)11-12-4-6-14-7-5-12/h8,11H,2-7H2,1H3,(H2,10,13)/t8-/m1/s1. The predicted octanol–water partition coefficient (Wildman–Crippen LogP) is -0.523. The van der Waals surface area contributed by atoms with Crippen molar-refractivity contribution in [1.29, 1.82) is 0 Å². The van der Waals surface area contributed by atoms with Gasteiger partial charge in [-0.05, 0) is 6.42 Å². The van der Waals surface area contributed by atoms with Gasteiger partial charge in [0.15, 0.2) is 0 Å². The van der Waals surface area contributed by atoms with Gasteiger partial charge in [0, 0.05) is 13.1 Å². The van der Waals surface area contributed by atoms with Crippen LogP contribution in [0, 0.1) is 0 Å². The van der Waals surface area contributed by atoms with Gasteiger partial charge in [0.05, 0.1) is 19.3 Å². The van der Waals surface area contributed by atoms with E-state index in [1.54, 1.807) is 0 Å². The van der Waals surface area contributed by atoms with Crippen molar-refractivity contribution in [2.75, 3.05) is 26.3 Å². The monoisotopic (exact) mass is 201 g/mol. The summed E-state index contributed by atoms with van der Waals surface area (Å²) in [6.45, 7) is 5.09. The molecule has 0 aliphatic carbocycles. The van der Waals surface area contributed by atoms with E-state index < -0.39 is 0 Å². The van der Waals surface area contributed by atoms with Crippen LogP contribution in [0.4, 0.5) is 0 Å². The summed E-state index contributed by atoms with van der Waals surface area (Å²) in [6, 6.07) is -0.238. The molecule has 0 aromatic carbocycles. The third kappa shape index (κ3) is 3.61. The molecule has 1 aliphatic rings. The van der Waals surface area contributed by atoms with Crippen molar-refractivity contribution in [1.82, 2.24) is 10.4 Å². The first-order valence-electron chi connectivity index (χ1n) is 5.12. The summed E-state index contributed by atoms with van der Waals surface area (Å²) in [6.07, 6.45) is 1.73. The van der Waals surface area contributed by atoms with E-state index in [4.69, 9.17) is 10.5 Å². The minimum atomic E-state index is -0.279. The lowest BCUT2D eigenvalue weighted by Crippen LogP contribution is -2.54. The van der Waals surface area contributed by atoms with Crippen LogP contribution in [0.25, 0.3) is 0 Å². The maximum Gasteiger partial charge on any atom is 0.235 e. The Hall–Kier alpha value is -0.650. The van der Waals surface area contributed by atoms with Gasteiger partial charge in [-0.15, -0.1) is 0 Å². The molecule has 0 aromatic heterocycles. The molecule has 0 aromatic rings. The Bertz CT molecular complexity index is 181. The Kier molecular flexibility index (Phi) is 4.86. The molecule has 0 unspecified atom stereocenters. The maximum atomic E-state index is 11.1. The molecule has 1 atom stereocenters. The van der Waals surface area contributed by atoms with Crippen molar-refractivity contribution in [2.24, 2.45) is 5.73 Å². The highest BCUT2D eigenvalue weighted by atomic mass is 16.5. The highest BCUT2D eigenvalue weighted by Crippen LogP contribution is 1.99. The van der Waals surface area contributed by atoms with E-state index in [9.17, 15) is 4.79 Å². The van der Waals surface area contributed by atoms with Crippen molar-refractivity contribution in [3.63, 3.8) is 0 Å². The molecule has 0 bridgehead atoms. The highest BCUT2D eigenvalue weighted by molar-refractivity contribution is 5.79. The van der Waals surface area contributed by atoms with Crippen LogP contribution in [0.15, 0.2) is 0 Å². The fourth-order valence-electron chi connectivity index (χ4n) is 1.47. The minimum absolute atomic E-state index is 0.238. The molecule has 1 aliphatic heterocycles. The lowest BCUT2D eigenvalue weighted by Gasteiger charge is -2.30. The van der Waals surface area contributed by atoms with Gasteiger partial charge in [0.2, 0.25) is 5.91 Å². The number of amides is 1. The van der Waals surface area contributed by atoms with Gasteiger partial charge >= 0.3 is 0 Å². The quantitative estimate of drug-likeness (QED) is 0.628. The van der Waals surface area contributed by atoms with Crippen LogP contribution in [0.1, 0.15) is 19.8 Å². The van der Waals surface area contributed by atoms with Gasteiger partial charge in [-0.3, -0.25) is 4.79 Å². The van der Waals surface area contributed by atoms with Gasteiger partial charge < -0.3 is 10.5 Å². The van der Waals surface area contributed by atoms with Gasteiger partial charge in [0.25, 0.3) is 0 Å². The average Bonchev–Trinajstić information content (AvgIpc) is 2.18. The van der Waals surface area contributed by atoms with Gasteiger partial charge in [-0.25, -0.2) is 10.4 Å². The molecule has 1 amide bonds. The Labute approximate surface area is 84.5 Å². The highest BCUT2D eigenvalue weighted by Gasteiger charge is 2.18. The van der Waals surface area contributed by atoms with Gasteiger partial charge in [-0.2, -0.15) is 0 Å². The van der Waals surface area contributed by atoms with Crippen LogP contribution >= 0.6 is 0 Å². The number of hydrogen-bond donors (Lipinski definition) is 2. The summed E-state index contributed by atoms with van der Waals surface area (Å²) in [5, 5.41) is 2.01. The second-order valence-corrected chi connectivity index (χ2v) is 3.47. The number of morpholine rings is 1. The number of nitrogens with zero attached hydrogens (tertiary/aromatic N) is 1. The largest absolute Gasteiger partial charge is 0.379 e. The van der Waals surface area contributed by atoms with E-state index in [1.165, 1.54) is 0 Å². The molecule has 1 fully saturated rings. The van der Waals surface area contributed by atoms with E-state index in [2.05, 4.69) is 5.43 Å². The molecular formula is C9H19N3O2. The second kappa shape index (κ2) is 5.95. The number of ether oxygens (including phenoxy) is 1. The summed E-state index contributed by atoms with van der Waals surface area (Å²) in [4.78, 5) is 11.1. The first-order chi connectivity index (χ1) is 6.74. The van der Waals surface area contributed by atoms with Crippen LogP contribution in [-0.2, 0) is 9.53 Å². The molecule has 0 spiro atoms. The maximum absolute atomic E-state index is 11.1. The fourth-order valence-corrected chi connectivity index (χ4v) is 1.47. The molecule has 82 valence electrons.